The van der Waals surface area contributed by atoms with Crippen LogP contribution in [0.4, 0.5) is 0 Å². The van der Waals surface area contributed by atoms with E-state index in [0.29, 0.717) is 23.7 Å². The minimum absolute atomic E-state index is 0.235. The minimum Gasteiger partial charge on any atom is -0.493 e. The average molecular weight is 297 g/mol. The van der Waals surface area contributed by atoms with Gasteiger partial charge in [0.15, 0.2) is 17.6 Å². The van der Waals surface area contributed by atoms with Gasteiger partial charge in [-0.15, -0.1) is 0 Å². The van der Waals surface area contributed by atoms with E-state index in [4.69, 9.17) is 9.47 Å². The lowest BCUT2D eigenvalue weighted by molar-refractivity contribution is -0.149. The number of aliphatic hydroxyl groups excluding tert-OH is 1. The van der Waals surface area contributed by atoms with E-state index in [1.165, 1.54) is 13.2 Å². The Morgan fingerprint density at radius 1 is 1.29 bits per heavy atom. The van der Waals surface area contributed by atoms with E-state index >= 15 is 0 Å². The van der Waals surface area contributed by atoms with E-state index in [1.807, 2.05) is 6.92 Å². The maximum Gasteiger partial charge on any atom is 0.336 e. The first-order valence-corrected chi connectivity index (χ1v) is 6.38. The van der Waals surface area contributed by atoms with Crippen molar-refractivity contribution >= 4 is 11.9 Å². The monoisotopic (exact) mass is 297 g/mol. The molecule has 7 nitrogen and oxygen atoms in total. The van der Waals surface area contributed by atoms with Gasteiger partial charge in [-0.2, -0.15) is 0 Å². The molecular weight excluding hydrogens is 278 g/mol. The topological polar surface area (TPSA) is 94.1 Å². The van der Waals surface area contributed by atoms with Crippen molar-refractivity contribution in [3.05, 3.63) is 23.8 Å². The van der Waals surface area contributed by atoms with Crippen LogP contribution < -0.4 is 14.8 Å². The number of rotatable bonds is 7. The molecule has 1 aromatic carbocycles. The van der Waals surface area contributed by atoms with E-state index in [2.05, 4.69) is 10.1 Å². The van der Waals surface area contributed by atoms with Crippen molar-refractivity contribution in [3.63, 3.8) is 0 Å². The zero-order valence-electron chi connectivity index (χ0n) is 12.2. The van der Waals surface area contributed by atoms with Crippen LogP contribution in [-0.4, -0.2) is 50.5 Å². The quantitative estimate of drug-likeness (QED) is 0.706. The van der Waals surface area contributed by atoms with E-state index in [-0.39, 0.29) is 6.54 Å². The molecule has 0 radical (unpaired) electrons. The smallest absolute Gasteiger partial charge is 0.336 e. The van der Waals surface area contributed by atoms with E-state index < -0.39 is 18.0 Å². The van der Waals surface area contributed by atoms with Gasteiger partial charge in [0, 0.05) is 5.56 Å². The molecule has 7 heteroatoms. The van der Waals surface area contributed by atoms with Crippen molar-refractivity contribution in [1.82, 2.24) is 5.32 Å². The summed E-state index contributed by atoms with van der Waals surface area (Å²) in [5.41, 5.74) is 0.330. The molecule has 0 spiro atoms. The highest BCUT2D eigenvalue weighted by molar-refractivity contribution is 5.95. The second kappa shape index (κ2) is 8.11. The van der Waals surface area contributed by atoms with Crippen molar-refractivity contribution in [2.45, 2.75) is 13.0 Å². The molecule has 0 saturated heterocycles. The Kier molecular flexibility index (Phi) is 6.48. The van der Waals surface area contributed by atoms with Crippen LogP contribution in [0, 0.1) is 0 Å². The van der Waals surface area contributed by atoms with Crippen LogP contribution >= 0.6 is 0 Å². The van der Waals surface area contributed by atoms with Gasteiger partial charge in [0.25, 0.3) is 5.91 Å². The van der Waals surface area contributed by atoms with Gasteiger partial charge in [-0.25, -0.2) is 4.79 Å². The normalized spacial score (nSPS) is 11.4. The van der Waals surface area contributed by atoms with Gasteiger partial charge in [-0.05, 0) is 25.1 Å². The third kappa shape index (κ3) is 4.64. The predicted molar refractivity (Wildman–Crippen MR) is 74.5 cm³/mol. The number of amides is 1. The third-order valence-electron chi connectivity index (χ3n) is 2.65. The van der Waals surface area contributed by atoms with Gasteiger partial charge >= 0.3 is 5.97 Å². The number of aliphatic hydroxyl groups is 1. The molecular formula is C14H19NO6. The molecule has 0 aliphatic carbocycles. The van der Waals surface area contributed by atoms with Crippen molar-refractivity contribution in [3.8, 4) is 11.5 Å². The number of carbonyl (C=O) groups is 2. The summed E-state index contributed by atoms with van der Waals surface area (Å²) in [6, 6.07) is 4.69. The first-order chi connectivity index (χ1) is 10.0. The molecule has 21 heavy (non-hydrogen) atoms. The number of esters is 1. The fourth-order valence-corrected chi connectivity index (χ4v) is 1.60. The maximum absolute atomic E-state index is 11.9. The predicted octanol–water partition coefficient (Wildman–Crippen LogP) is 0.358. The number of benzene rings is 1. The number of hydrogen-bond acceptors (Lipinski definition) is 6. The summed E-state index contributed by atoms with van der Waals surface area (Å²) in [5, 5.41) is 11.8. The fourth-order valence-electron chi connectivity index (χ4n) is 1.60. The molecule has 116 valence electrons. The summed E-state index contributed by atoms with van der Waals surface area (Å²) in [4.78, 5) is 23.0. The summed E-state index contributed by atoms with van der Waals surface area (Å²) < 4.78 is 14.8. The first-order valence-electron chi connectivity index (χ1n) is 6.38. The second-order valence-electron chi connectivity index (χ2n) is 4.05. The molecule has 1 amide bonds. The van der Waals surface area contributed by atoms with Gasteiger partial charge < -0.3 is 24.6 Å². The van der Waals surface area contributed by atoms with Crippen LogP contribution in [0.3, 0.4) is 0 Å². The lowest BCUT2D eigenvalue weighted by Crippen LogP contribution is -2.37. The summed E-state index contributed by atoms with van der Waals surface area (Å²) in [6.45, 7) is 2.02. The molecule has 2 N–H and O–H groups in total. The number of nitrogens with one attached hydrogen (secondary N) is 1. The number of carbonyl (C=O) groups excluding carboxylic acids is 2. The Morgan fingerprint density at radius 3 is 2.57 bits per heavy atom. The Bertz CT molecular complexity index is 502. The average Bonchev–Trinajstić information content (AvgIpc) is 2.51. The van der Waals surface area contributed by atoms with Crippen LogP contribution in [0.25, 0.3) is 0 Å². The van der Waals surface area contributed by atoms with Gasteiger partial charge in [0.05, 0.1) is 27.4 Å². The Balaban J connectivity index is 2.74. The molecule has 1 aromatic rings. The lowest BCUT2D eigenvalue weighted by Gasteiger charge is -2.12. The second-order valence-corrected chi connectivity index (χ2v) is 4.05. The Morgan fingerprint density at radius 2 is 2.00 bits per heavy atom. The van der Waals surface area contributed by atoms with Gasteiger partial charge in [0.1, 0.15) is 0 Å². The lowest BCUT2D eigenvalue weighted by atomic mass is 10.2. The van der Waals surface area contributed by atoms with Crippen LogP contribution in [-0.2, 0) is 9.53 Å². The van der Waals surface area contributed by atoms with Crippen LogP contribution in [0.1, 0.15) is 17.3 Å². The largest absolute Gasteiger partial charge is 0.493 e. The number of methoxy groups -OCH3 is 2. The third-order valence-corrected chi connectivity index (χ3v) is 2.65. The summed E-state index contributed by atoms with van der Waals surface area (Å²) >= 11 is 0. The Hall–Kier alpha value is -2.28. The van der Waals surface area contributed by atoms with E-state index in [1.54, 1.807) is 12.1 Å². The van der Waals surface area contributed by atoms with Crippen molar-refractivity contribution in [2.24, 2.45) is 0 Å². The molecule has 0 saturated carbocycles. The zero-order valence-corrected chi connectivity index (χ0v) is 12.2. The standard InChI is InChI=1S/C14H19NO6/c1-4-21-12-7-9(5-6-11(12)19-2)13(17)15-8-10(16)14(18)20-3/h5-7,10,16H,4,8H2,1-3H3,(H,15,17). The first kappa shape index (κ1) is 16.8. The molecule has 0 aliphatic rings. The zero-order chi connectivity index (χ0) is 15.8. The van der Waals surface area contributed by atoms with Crippen LogP contribution in [0.5, 0.6) is 11.5 Å². The highest BCUT2D eigenvalue weighted by Crippen LogP contribution is 2.27. The van der Waals surface area contributed by atoms with Gasteiger partial charge in [-0.3, -0.25) is 4.79 Å². The molecule has 0 bridgehead atoms. The highest BCUT2D eigenvalue weighted by Gasteiger charge is 2.17. The number of hydrogen-bond donors (Lipinski definition) is 2. The SMILES string of the molecule is CCOc1cc(C(=O)NCC(O)C(=O)OC)ccc1OC. The van der Waals surface area contributed by atoms with E-state index in [0.717, 1.165) is 7.11 Å². The van der Waals surface area contributed by atoms with Crippen molar-refractivity contribution in [1.29, 1.82) is 0 Å². The van der Waals surface area contributed by atoms with Crippen LogP contribution in [0.15, 0.2) is 18.2 Å². The fraction of sp³-hybridized carbons (Fsp3) is 0.429. The molecule has 1 atom stereocenters. The molecule has 0 aliphatic heterocycles. The Labute approximate surface area is 122 Å². The maximum atomic E-state index is 11.9. The van der Waals surface area contributed by atoms with Crippen molar-refractivity contribution in [2.75, 3.05) is 27.4 Å². The van der Waals surface area contributed by atoms with Gasteiger partial charge in [-0.1, -0.05) is 0 Å². The molecule has 1 unspecified atom stereocenters. The molecule has 0 aromatic heterocycles. The van der Waals surface area contributed by atoms with Crippen LogP contribution in [0.2, 0.25) is 0 Å². The number of ether oxygens (including phenoxy) is 3. The highest BCUT2D eigenvalue weighted by atomic mass is 16.5. The molecule has 0 fully saturated rings. The summed E-state index contributed by atoms with van der Waals surface area (Å²) in [6.07, 6.45) is -1.40. The summed E-state index contributed by atoms with van der Waals surface area (Å²) in [5.74, 6) is -0.286. The summed E-state index contributed by atoms with van der Waals surface area (Å²) in [7, 11) is 2.66. The molecule has 0 heterocycles. The van der Waals surface area contributed by atoms with E-state index in [9.17, 15) is 14.7 Å². The van der Waals surface area contributed by atoms with Crippen molar-refractivity contribution < 1.29 is 28.9 Å². The molecule has 1 rings (SSSR count). The minimum atomic E-state index is -1.40. The van der Waals surface area contributed by atoms with Gasteiger partial charge in [0.2, 0.25) is 0 Å².